The molecule has 6 heteroatoms. The first-order valence-corrected chi connectivity index (χ1v) is 6.06. The van der Waals surface area contributed by atoms with Crippen LogP contribution in [0.3, 0.4) is 0 Å². The Balaban J connectivity index is 2.14. The van der Waals surface area contributed by atoms with Crippen molar-refractivity contribution in [2.45, 2.75) is 20.3 Å². The highest BCUT2D eigenvalue weighted by molar-refractivity contribution is 7.22. The Kier molecular flexibility index (Phi) is 3.19. The summed E-state index contributed by atoms with van der Waals surface area (Å²) in [5.74, 6) is 0.656. The van der Waals surface area contributed by atoms with Crippen LogP contribution in [0.5, 0.6) is 0 Å². The SMILES string of the molecule is CC(C)CCNc1nc2nc[nH]c(=O)c2s1. The third kappa shape index (κ3) is 2.38. The van der Waals surface area contributed by atoms with Gasteiger partial charge in [-0.25, -0.2) is 4.98 Å². The number of rotatable bonds is 4. The number of anilines is 1. The molecule has 2 rings (SSSR count). The Morgan fingerprint density at radius 2 is 2.38 bits per heavy atom. The minimum Gasteiger partial charge on any atom is -0.361 e. The van der Waals surface area contributed by atoms with Crippen LogP contribution in [0.1, 0.15) is 20.3 Å². The van der Waals surface area contributed by atoms with Crippen molar-refractivity contribution in [3.05, 3.63) is 16.7 Å². The molecule has 16 heavy (non-hydrogen) atoms. The quantitative estimate of drug-likeness (QED) is 0.852. The van der Waals surface area contributed by atoms with Crippen molar-refractivity contribution in [2.75, 3.05) is 11.9 Å². The predicted molar refractivity (Wildman–Crippen MR) is 66.0 cm³/mol. The summed E-state index contributed by atoms with van der Waals surface area (Å²) in [4.78, 5) is 22.2. The predicted octanol–water partition coefficient (Wildman–Crippen LogP) is 1.84. The van der Waals surface area contributed by atoms with Gasteiger partial charge in [-0.2, -0.15) is 4.98 Å². The van der Waals surface area contributed by atoms with Gasteiger partial charge in [0.1, 0.15) is 4.70 Å². The standard InChI is InChI=1S/C10H14N4OS/c1-6(2)3-4-11-10-14-8-7(16-10)9(15)13-5-12-8/h5-6H,3-4H2,1-2H3,(H2,11,12,13,14,15). The van der Waals surface area contributed by atoms with Gasteiger partial charge in [-0.1, -0.05) is 25.2 Å². The molecule has 0 aliphatic heterocycles. The highest BCUT2D eigenvalue weighted by Gasteiger charge is 2.07. The van der Waals surface area contributed by atoms with Gasteiger partial charge in [0.25, 0.3) is 5.56 Å². The van der Waals surface area contributed by atoms with Crippen LogP contribution in [-0.4, -0.2) is 21.5 Å². The van der Waals surface area contributed by atoms with Gasteiger partial charge in [0.05, 0.1) is 6.33 Å². The van der Waals surface area contributed by atoms with E-state index in [1.165, 1.54) is 17.7 Å². The maximum Gasteiger partial charge on any atom is 0.270 e. The summed E-state index contributed by atoms with van der Waals surface area (Å²) in [5, 5.41) is 3.97. The summed E-state index contributed by atoms with van der Waals surface area (Å²) in [6.45, 7) is 5.22. The zero-order valence-electron chi connectivity index (χ0n) is 9.28. The topological polar surface area (TPSA) is 70.7 Å². The molecule has 0 radical (unpaired) electrons. The van der Waals surface area contributed by atoms with Crippen LogP contribution in [0.25, 0.3) is 10.3 Å². The van der Waals surface area contributed by atoms with Gasteiger partial charge in [0.2, 0.25) is 0 Å². The summed E-state index contributed by atoms with van der Waals surface area (Å²) < 4.78 is 0.578. The van der Waals surface area contributed by atoms with E-state index in [9.17, 15) is 4.79 Å². The summed E-state index contributed by atoms with van der Waals surface area (Å²) in [7, 11) is 0. The van der Waals surface area contributed by atoms with Crippen LogP contribution in [0, 0.1) is 5.92 Å². The number of aromatic nitrogens is 3. The molecule has 0 saturated heterocycles. The number of nitrogens with one attached hydrogen (secondary N) is 2. The number of H-pyrrole nitrogens is 1. The van der Waals surface area contributed by atoms with Gasteiger partial charge in [0.15, 0.2) is 10.8 Å². The minimum absolute atomic E-state index is 0.126. The average Bonchev–Trinajstić information content (AvgIpc) is 2.61. The Hall–Kier alpha value is -1.43. The molecule has 2 aromatic heterocycles. The molecule has 0 amide bonds. The maximum absolute atomic E-state index is 11.4. The van der Waals surface area contributed by atoms with E-state index in [1.807, 2.05) is 0 Å². The lowest BCUT2D eigenvalue weighted by molar-refractivity contribution is 0.607. The molecule has 0 unspecified atom stereocenters. The smallest absolute Gasteiger partial charge is 0.270 e. The number of hydrogen-bond donors (Lipinski definition) is 2. The first-order valence-electron chi connectivity index (χ1n) is 5.25. The van der Waals surface area contributed by atoms with E-state index in [0.29, 0.717) is 16.3 Å². The molecule has 2 heterocycles. The molecule has 0 spiro atoms. The van der Waals surface area contributed by atoms with Crippen molar-refractivity contribution in [2.24, 2.45) is 5.92 Å². The lowest BCUT2D eigenvalue weighted by atomic mass is 10.1. The first-order chi connectivity index (χ1) is 7.66. The monoisotopic (exact) mass is 238 g/mol. The Morgan fingerprint density at radius 1 is 1.56 bits per heavy atom. The fourth-order valence-electron chi connectivity index (χ4n) is 1.31. The number of aromatic amines is 1. The van der Waals surface area contributed by atoms with E-state index in [1.54, 1.807) is 0 Å². The third-order valence-corrected chi connectivity index (χ3v) is 3.20. The normalized spacial score (nSPS) is 11.2. The zero-order chi connectivity index (χ0) is 11.5. The fourth-order valence-corrected chi connectivity index (χ4v) is 2.15. The molecule has 86 valence electrons. The molecule has 0 aromatic carbocycles. The van der Waals surface area contributed by atoms with Crippen LogP contribution in [-0.2, 0) is 0 Å². The molecule has 0 atom stereocenters. The molecule has 0 saturated carbocycles. The molecule has 0 aliphatic rings. The van der Waals surface area contributed by atoms with Gasteiger partial charge in [-0.15, -0.1) is 0 Å². The van der Waals surface area contributed by atoms with E-state index in [4.69, 9.17) is 0 Å². The second-order valence-electron chi connectivity index (χ2n) is 4.01. The lowest BCUT2D eigenvalue weighted by Crippen LogP contribution is -2.04. The van der Waals surface area contributed by atoms with Crippen LogP contribution in [0.4, 0.5) is 5.13 Å². The highest BCUT2D eigenvalue weighted by Crippen LogP contribution is 2.20. The first kappa shape index (κ1) is 11.1. The molecule has 5 nitrogen and oxygen atoms in total. The second kappa shape index (κ2) is 4.61. The molecule has 0 aliphatic carbocycles. The number of nitrogens with zero attached hydrogens (tertiary/aromatic N) is 2. The Bertz CT molecular complexity index is 531. The van der Waals surface area contributed by atoms with Crippen LogP contribution in [0.15, 0.2) is 11.1 Å². The largest absolute Gasteiger partial charge is 0.361 e. The van der Waals surface area contributed by atoms with Crippen LogP contribution < -0.4 is 10.9 Å². The molecule has 2 N–H and O–H groups in total. The van der Waals surface area contributed by atoms with Gasteiger partial charge >= 0.3 is 0 Å². The van der Waals surface area contributed by atoms with Crippen LogP contribution >= 0.6 is 11.3 Å². The second-order valence-corrected chi connectivity index (χ2v) is 5.01. The van der Waals surface area contributed by atoms with Crippen molar-refractivity contribution in [3.8, 4) is 0 Å². The van der Waals surface area contributed by atoms with E-state index in [-0.39, 0.29) is 5.56 Å². The highest BCUT2D eigenvalue weighted by atomic mass is 32.1. The lowest BCUT2D eigenvalue weighted by Gasteiger charge is -2.04. The number of fused-ring (bicyclic) bond motifs is 1. The summed E-state index contributed by atoms with van der Waals surface area (Å²) in [5.41, 5.74) is 0.389. The Morgan fingerprint density at radius 3 is 3.06 bits per heavy atom. The number of hydrogen-bond acceptors (Lipinski definition) is 5. The molecule has 0 fully saturated rings. The van der Waals surface area contributed by atoms with E-state index >= 15 is 0 Å². The molecular formula is C10H14N4OS. The third-order valence-electron chi connectivity index (χ3n) is 2.20. The van der Waals surface area contributed by atoms with Crippen molar-refractivity contribution in [1.29, 1.82) is 0 Å². The molecule has 2 aromatic rings. The van der Waals surface area contributed by atoms with E-state index in [0.717, 1.165) is 18.1 Å². The minimum atomic E-state index is -0.126. The number of thiazole rings is 1. The van der Waals surface area contributed by atoms with Crippen molar-refractivity contribution in [3.63, 3.8) is 0 Å². The van der Waals surface area contributed by atoms with E-state index < -0.39 is 0 Å². The van der Waals surface area contributed by atoms with Gasteiger partial charge in [0, 0.05) is 6.54 Å². The zero-order valence-corrected chi connectivity index (χ0v) is 10.1. The van der Waals surface area contributed by atoms with E-state index in [2.05, 4.69) is 34.1 Å². The van der Waals surface area contributed by atoms with Gasteiger partial charge in [-0.05, 0) is 12.3 Å². The molecule has 0 bridgehead atoms. The van der Waals surface area contributed by atoms with Crippen LogP contribution in [0.2, 0.25) is 0 Å². The summed E-state index contributed by atoms with van der Waals surface area (Å²) in [6, 6.07) is 0. The van der Waals surface area contributed by atoms with Crippen molar-refractivity contribution in [1.82, 2.24) is 15.0 Å². The summed E-state index contributed by atoms with van der Waals surface area (Å²) >= 11 is 1.35. The average molecular weight is 238 g/mol. The maximum atomic E-state index is 11.4. The Labute approximate surface area is 96.9 Å². The van der Waals surface area contributed by atoms with Gasteiger partial charge in [-0.3, -0.25) is 4.79 Å². The fraction of sp³-hybridized carbons (Fsp3) is 0.500. The van der Waals surface area contributed by atoms with Crippen molar-refractivity contribution >= 4 is 26.8 Å². The van der Waals surface area contributed by atoms with Crippen molar-refractivity contribution < 1.29 is 0 Å². The summed E-state index contributed by atoms with van der Waals surface area (Å²) in [6.07, 6.45) is 2.46. The molecular weight excluding hydrogens is 224 g/mol. The van der Waals surface area contributed by atoms with Gasteiger partial charge < -0.3 is 10.3 Å².